The lowest BCUT2D eigenvalue weighted by Gasteiger charge is -2.40. The number of allylic oxidation sites excluding steroid dienone is 4. The zero-order chi connectivity index (χ0) is 21.8. The molecule has 1 aromatic rings. The number of aldehydes is 1. The molecule has 1 heterocycles. The summed E-state index contributed by atoms with van der Waals surface area (Å²) in [5.74, 6) is -1.59. The maximum Gasteiger partial charge on any atom is 0.340 e. The average Bonchev–Trinajstić information content (AvgIpc) is 2.62. The van der Waals surface area contributed by atoms with Crippen molar-refractivity contribution < 1.29 is 29.6 Å². The Morgan fingerprint density at radius 3 is 2.55 bits per heavy atom. The predicted molar refractivity (Wildman–Crippen MR) is 111 cm³/mol. The van der Waals surface area contributed by atoms with E-state index < -0.39 is 17.7 Å². The molecule has 0 saturated carbocycles. The summed E-state index contributed by atoms with van der Waals surface area (Å²) in [7, 11) is 0. The van der Waals surface area contributed by atoms with E-state index in [9.17, 15) is 24.9 Å². The number of rotatable bonds is 8. The molecule has 0 bridgehead atoms. The quantitative estimate of drug-likeness (QED) is 0.439. The molecular formula is C23H30O6. The molecule has 0 saturated heterocycles. The molecule has 0 amide bonds. The fourth-order valence-corrected chi connectivity index (χ4v) is 3.55. The third-order valence-corrected chi connectivity index (χ3v) is 5.39. The highest BCUT2D eigenvalue weighted by Crippen LogP contribution is 2.43. The van der Waals surface area contributed by atoms with Gasteiger partial charge < -0.3 is 20.1 Å². The van der Waals surface area contributed by atoms with Crippen molar-refractivity contribution in [2.45, 2.75) is 71.5 Å². The highest BCUT2D eigenvalue weighted by Gasteiger charge is 2.42. The zero-order valence-corrected chi connectivity index (χ0v) is 17.5. The van der Waals surface area contributed by atoms with Crippen molar-refractivity contribution in [3.8, 4) is 11.5 Å². The van der Waals surface area contributed by atoms with Crippen molar-refractivity contribution in [3.05, 3.63) is 46.1 Å². The van der Waals surface area contributed by atoms with Gasteiger partial charge in [0.1, 0.15) is 22.7 Å². The molecule has 29 heavy (non-hydrogen) atoms. The van der Waals surface area contributed by atoms with E-state index in [2.05, 4.69) is 32.9 Å². The molecule has 158 valence electrons. The first-order valence-corrected chi connectivity index (χ1v) is 9.82. The number of carboxylic acids is 1. The van der Waals surface area contributed by atoms with Crippen LogP contribution in [0, 0.1) is 0 Å². The van der Waals surface area contributed by atoms with E-state index in [4.69, 9.17) is 4.74 Å². The van der Waals surface area contributed by atoms with Crippen molar-refractivity contribution in [2.75, 3.05) is 0 Å². The predicted octanol–water partition coefficient (Wildman–Crippen LogP) is 4.43. The smallest absolute Gasteiger partial charge is 0.340 e. The van der Waals surface area contributed by atoms with Gasteiger partial charge in [0.2, 0.25) is 0 Å². The highest BCUT2D eigenvalue weighted by atomic mass is 16.5. The Kier molecular flexibility index (Phi) is 7.25. The molecule has 3 N–H and O–H groups in total. The summed E-state index contributed by atoms with van der Waals surface area (Å²) in [6, 6.07) is 1.10. The van der Waals surface area contributed by atoms with Crippen LogP contribution in [0.25, 0.3) is 0 Å². The number of phenols is 1. The van der Waals surface area contributed by atoms with Crippen LogP contribution in [-0.2, 0) is 6.42 Å². The van der Waals surface area contributed by atoms with E-state index in [0.717, 1.165) is 18.9 Å². The summed E-state index contributed by atoms with van der Waals surface area (Å²) in [5, 5.41) is 30.4. The topological polar surface area (TPSA) is 104 Å². The average molecular weight is 402 g/mol. The monoisotopic (exact) mass is 402 g/mol. The molecule has 1 aliphatic heterocycles. The van der Waals surface area contributed by atoms with Gasteiger partial charge in [-0.1, -0.05) is 23.3 Å². The number of benzene rings is 1. The lowest BCUT2D eigenvalue weighted by atomic mass is 9.84. The van der Waals surface area contributed by atoms with Gasteiger partial charge in [0, 0.05) is 17.5 Å². The molecule has 6 nitrogen and oxygen atoms in total. The van der Waals surface area contributed by atoms with Crippen molar-refractivity contribution in [1.29, 1.82) is 0 Å². The largest absolute Gasteiger partial charge is 0.508 e. The Labute approximate surface area is 171 Å². The number of aliphatic hydroxyl groups excluding tert-OH is 1. The molecule has 6 heteroatoms. The number of hydrogen-bond acceptors (Lipinski definition) is 5. The van der Waals surface area contributed by atoms with E-state index in [1.807, 2.05) is 0 Å². The van der Waals surface area contributed by atoms with Gasteiger partial charge in [-0.15, -0.1) is 0 Å². The van der Waals surface area contributed by atoms with Crippen LogP contribution in [0.2, 0.25) is 0 Å². The fraction of sp³-hybridized carbons (Fsp3) is 0.478. The number of aromatic carboxylic acids is 1. The molecule has 0 aromatic heterocycles. The molecule has 0 fully saturated rings. The Morgan fingerprint density at radius 1 is 1.28 bits per heavy atom. The second-order valence-electron chi connectivity index (χ2n) is 8.13. The van der Waals surface area contributed by atoms with Gasteiger partial charge in [-0.25, -0.2) is 4.79 Å². The lowest BCUT2D eigenvalue weighted by Crippen LogP contribution is -2.49. The van der Waals surface area contributed by atoms with Crippen LogP contribution in [-0.4, -0.2) is 39.3 Å². The van der Waals surface area contributed by atoms with Gasteiger partial charge in [0.05, 0.1) is 6.10 Å². The van der Waals surface area contributed by atoms with E-state index in [-0.39, 0.29) is 34.6 Å². The second kappa shape index (κ2) is 9.27. The van der Waals surface area contributed by atoms with Crippen LogP contribution < -0.4 is 4.74 Å². The number of carbonyl (C=O) groups is 2. The van der Waals surface area contributed by atoms with Crippen LogP contribution in [0.5, 0.6) is 11.5 Å². The normalized spacial score (nSPS) is 21.1. The Balaban J connectivity index is 2.23. The second-order valence-corrected chi connectivity index (χ2v) is 8.13. The summed E-state index contributed by atoms with van der Waals surface area (Å²) in [6.07, 6.45) is 6.88. The summed E-state index contributed by atoms with van der Waals surface area (Å²) in [5.41, 5.74) is 1.29. The maximum absolute atomic E-state index is 11.7. The van der Waals surface area contributed by atoms with Crippen LogP contribution in [0.4, 0.5) is 0 Å². The number of carbonyl (C=O) groups excluding carboxylic acids is 1. The molecule has 0 radical (unpaired) electrons. The number of ether oxygens (including phenoxy) is 1. The molecule has 1 aromatic carbocycles. The van der Waals surface area contributed by atoms with Crippen molar-refractivity contribution in [1.82, 2.24) is 0 Å². The van der Waals surface area contributed by atoms with E-state index in [1.54, 1.807) is 6.92 Å². The minimum atomic E-state index is -1.31. The maximum atomic E-state index is 11.7. The number of hydrogen-bond donors (Lipinski definition) is 3. The highest BCUT2D eigenvalue weighted by molar-refractivity contribution is 6.01. The Bertz CT molecular complexity index is 847. The molecule has 2 unspecified atom stereocenters. The Hall–Kier alpha value is -2.60. The van der Waals surface area contributed by atoms with Gasteiger partial charge in [-0.2, -0.15) is 0 Å². The van der Waals surface area contributed by atoms with Gasteiger partial charge >= 0.3 is 5.97 Å². The molecule has 2 atom stereocenters. The first kappa shape index (κ1) is 22.7. The fourth-order valence-electron chi connectivity index (χ4n) is 3.55. The number of aromatic hydroxyl groups is 1. The minimum absolute atomic E-state index is 0.0309. The van der Waals surface area contributed by atoms with Crippen molar-refractivity contribution in [3.63, 3.8) is 0 Å². The third-order valence-electron chi connectivity index (χ3n) is 5.39. The molecule has 2 rings (SSSR count). The van der Waals surface area contributed by atoms with Gasteiger partial charge in [0.25, 0.3) is 0 Å². The molecule has 0 aliphatic carbocycles. The van der Waals surface area contributed by atoms with Crippen molar-refractivity contribution >= 4 is 12.3 Å². The number of fused-ring (bicyclic) bond motifs is 1. The van der Waals surface area contributed by atoms with Gasteiger partial charge in [-0.05, 0) is 59.4 Å². The molecular weight excluding hydrogens is 372 g/mol. The van der Waals surface area contributed by atoms with E-state index in [1.165, 1.54) is 11.1 Å². The standard InChI is InChI=1S/C23H30O6/c1-14(2)7-5-8-15(3)9-6-10-23(4)19(26)12-17-18(25)11-16(13-24)20(22(27)28)21(17)29-23/h7,9,11,13,19,25-26H,5-6,8,10,12H2,1-4H3,(H,27,28). The Morgan fingerprint density at radius 2 is 1.97 bits per heavy atom. The summed E-state index contributed by atoms with van der Waals surface area (Å²) in [6.45, 7) is 7.92. The third kappa shape index (κ3) is 5.26. The van der Waals surface area contributed by atoms with Crippen LogP contribution in [0.15, 0.2) is 29.4 Å². The summed E-state index contributed by atoms with van der Waals surface area (Å²) < 4.78 is 5.95. The summed E-state index contributed by atoms with van der Waals surface area (Å²) >= 11 is 0. The van der Waals surface area contributed by atoms with Crippen molar-refractivity contribution in [2.24, 2.45) is 0 Å². The zero-order valence-electron chi connectivity index (χ0n) is 17.5. The van der Waals surface area contributed by atoms with Crippen LogP contribution >= 0.6 is 0 Å². The number of aliphatic hydroxyl groups is 1. The number of phenolic OH excluding ortho intramolecular Hbond substituents is 1. The summed E-state index contributed by atoms with van der Waals surface area (Å²) in [4.78, 5) is 23.0. The van der Waals surface area contributed by atoms with Crippen LogP contribution in [0.1, 0.15) is 79.7 Å². The molecule has 0 spiro atoms. The van der Waals surface area contributed by atoms with E-state index in [0.29, 0.717) is 19.1 Å². The first-order chi connectivity index (χ1) is 13.6. The SMILES string of the molecule is CC(C)=CCCC(C)=CCCC1(C)Oc2c(c(O)cc(C=O)c2C(=O)O)CC1O. The van der Waals surface area contributed by atoms with E-state index >= 15 is 0 Å². The number of carboxylic acid groups (broad SMARTS) is 1. The van der Waals surface area contributed by atoms with Crippen LogP contribution in [0.3, 0.4) is 0 Å². The lowest BCUT2D eigenvalue weighted by molar-refractivity contribution is -0.0598. The minimum Gasteiger partial charge on any atom is -0.508 e. The molecule has 1 aliphatic rings. The van der Waals surface area contributed by atoms with Gasteiger partial charge in [0.15, 0.2) is 6.29 Å². The van der Waals surface area contributed by atoms with Gasteiger partial charge in [-0.3, -0.25) is 4.79 Å². The first-order valence-electron chi connectivity index (χ1n) is 9.82.